The number of halogens is 1. The molecule has 1 fully saturated rings. The second-order valence-electron chi connectivity index (χ2n) is 6.49. The lowest BCUT2D eigenvalue weighted by Gasteiger charge is -2.28. The van der Waals surface area contributed by atoms with E-state index in [1.807, 2.05) is 16.9 Å². The maximum absolute atomic E-state index is 13.5. The largest absolute Gasteiger partial charge is 0.382 e. The summed E-state index contributed by atoms with van der Waals surface area (Å²) in [7, 11) is 0. The standard InChI is InChI=1S/C16H18FN7OS/c1-8-6-26-16(20-8)23-14(25)9-2-4-10(5-3-9)24-7-19-11-12(18)21-15(17)22-13(11)24/h6-7,9-10H,2-5H2,1H3,(H2,18,21,22)(H,20,23,25)/t9-,10+. The number of carbonyl (C=O) groups excluding carboxylic acids is 1. The third-order valence-electron chi connectivity index (χ3n) is 4.73. The number of hydrogen-bond acceptors (Lipinski definition) is 7. The van der Waals surface area contributed by atoms with E-state index in [2.05, 4.69) is 25.3 Å². The summed E-state index contributed by atoms with van der Waals surface area (Å²) in [4.78, 5) is 28.2. The van der Waals surface area contributed by atoms with E-state index in [0.29, 0.717) is 16.3 Å². The Morgan fingerprint density at radius 2 is 2.08 bits per heavy atom. The molecule has 0 saturated heterocycles. The van der Waals surface area contributed by atoms with Gasteiger partial charge in [0.1, 0.15) is 5.52 Å². The molecule has 0 radical (unpaired) electrons. The molecule has 4 rings (SSSR count). The Labute approximate surface area is 152 Å². The van der Waals surface area contributed by atoms with Crippen LogP contribution in [0.2, 0.25) is 0 Å². The van der Waals surface area contributed by atoms with Crippen molar-refractivity contribution in [2.24, 2.45) is 5.92 Å². The topological polar surface area (TPSA) is 112 Å². The molecule has 0 atom stereocenters. The van der Waals surface area contributed by atoms with Gasteiger partial charge in [-0.1, -0.05) is 0 Å². The van der Waals surface area contributed by atoms with E-state index in [1.165, 1.54) is 11.3 Å². The van der Waals surface area contributed by atoms with Crippen LogP contribution in [0.25, 0.3) is 11.2 Å². The molecule has 1 amide bonds. The van der Waals surface area contributed by atoms with Gasteiger partial charge in [-0.05, 0) is 32.6 Å². The number of nitrogens with one attached hydrogen (secondary N) is 1. The number of imidazole rings is 1. The summed E-state index contributed by atoms with van der Waals surface area (Å²) < 4.78 is 15.3. The molecule has 0 aliphatic heterocycles. The van der Waals surface area contributed by atoms with Crippen molar-refractivity contribution in [3.8, 4) is 0 Å². The second kappa shape index (κ2) is 6.60. The third kappa shape index (κ3) is 3.12. The molecule has 136 valence electrons. The van der Waals surface area contributed by atoms with Crippen molar-refractivity contribution in [1.82, 2.24) is 24.5 Å². The predicted octanol–water partition coefficient (Wildman–Crippen LogP) is 2.68. The monoisotopic (exact) mass is 375 g/mol. The van der Waals surface area contributed by atoms with Gasteiger partial charge in [-0.15, -0.1) is 11.3 Å². The average Bonchev–Trinajstić information content (AvgIpc) is 3.21. The molecule has 10 heteroatoms. The Bertz CT molecular complexity index is 961. The Hall–Kier alpha value is -2.62. The first-order valence-electron chi connectivity index (χ1n) is 8.40. The molecule has 0 aromatic carbocycles. The minimum absolute atomic E-state index is 0.00547. The molecule has 0 unspecified atom stereocenters. The molecule has 3 N–H and O–H groups in total. The molecule has 26 heavy (non-hydrogen) atoms. The van der Waals surface area contributed by atoms with E-state index < -0.39 is 6.08 Å². The first kappa shape index (κ1) is 16.8. The van der Waals surface area contributed by atoms with Crippen LogP contribution in [0.1, 0.15) is 37.4 Å². The highest BCUT2D eigenvalue weighted by Crippen LogP contribution is 2.34. The van der Waals surface area contributed by atoms with Gasteiger partial charge >= 0.3 is 6.08 Å². The van der Waals surface area contributed by atoms with E-state index in [4.69, 9.17) is 5.73 Å². The minimum Gasteiger partial charge on any atom is -0.382 e. The van der Waals surface area contributed by atoms with Crippen LogP contribution in [0.4, 0.5) is 15.3 Å². The van der Waals surface area contributed by atoms with Gasteiger partial charge < -0.3 is 15.6 Å². The number of carbonyl (C=O) groups is 1. The van der Waals surface area contributed by atoms with Crippen LogP contribution in [0.3, 0.4) is 0 Å². The number of aromatic nitrogens is 5. The molecular formula is C16H18FN7OS. The SMILES string of the molecule is Cc1csc(NC(=O)[C@H]2CC[C@@H](n3cnc4c(N)nc(F)nc43)CC2)n1. The van der Waals surface area contributed by atoms with Gasteiger partial charge in [0.15, 0.2) is 16.6 Å². The lowest BCUT2D eigenvalue weighted by molar-refractivity contribution is -0.120. The predicted molar refractivity (Wildman–Crippen MR) is 96.2 cm³/mol. The van der Waals surface area contributed by atoms with Gasteiger partial charge in [0.2, 0.25) is 5.91 Å². The lowest BCUT2D eigenvalue weighted by Crippen LogP contribution is -2.28. The Morgan fingerprint density at radius 1 is 1.31 bits per heavy atom. The maximum atomic E-state index is 13.5. The molecule has 1 aliphatic carbocycles. The molecule has 0 bridgehead atoms. The van der Waals surface area contributed by atoms with Crippen molar-refractivity contribution in [1.29, 1.82) is 0 Å². The van der Waals surface area contributed by atoms with Crippen molar-refractivity contribution in [3.05, 3.63) is 23.5 Å². The third-order valence-corrected chi connectivity index (χ3v) is 5.61. The van der Waals surface area contributed by atoms with Crippen LogP contribution >= 0.6 is 11.3 Å². The smallest absolute Gasteiger partial charge is 0.312 e. The number of nitrogens with two attached hydrogens (primary N) is 1. The molecule has 8 nitrogen and oxygen atoms in total. The Kier molecular flexibility index (Phi) is 4.27. The fraction of sp³-hybridized carbons (Fsp3) is 0.438. The molecule has 1 saturated carbocycles. The highest BCUT2D eigenvalue weighted by Gasteiger charge is 2.29. The van der Waals surface area contributed by atoms with E-state index in [9.17, 15) is 9.18 Å². The highest BCUT2D eigenvalue weighted by molar-refractivity contribution is 7.13. The van der Waals surface area contributed by atoms with Crippen molar-refractivity contribution >= 4 is 39.4 Å². The zero-order valence-corrected chi connectivity index (χ0v) is 15.0. The number of nitrogen functional groups attached to an aromatic ring is 1. The van der Waals surface area contributed by atoms with Gasteiger partial charge in [-0.25, -0.2) is 9.97 Å². The fourth-order valence-corrected chi connectivity index (χ4v) is 4.10. The Balaban J connectivity index is 1.44. The van der Waals surface area contributed by atoms with Gasteiger partial charge in [0, 0.05) is 17.3 Å². The number of hydrogen-bond donors (Lipinski definition) is 2. The van der Waals surface area contributed by atoms with Crippen molar-refractivity contribution in [3.63, 3.8) is 0 Å². The average molecular weight is 375 g/mol. The molecular weight excluding hydrogens is 357 g/mol. The maximum Gasteiger partial charge on any atom is 0.312 e. The summed E-state index contributed by atoms with van der Waals surface area (Å²) in [6.07, 6.45) is 3.81. The summed E-state index contributed by atoms with van der Waals surface area (Å²) in [5.41, 5.74) is 7.42. The van der Waals surface area contributed by atoms with Crippen LogP contribution in [0.5, 0.6) is 0 Å². The van der Waals surface area contributed by atoms with Gasteiger partial charge in [0.25, 0.3) is 0 Å². The molecule has 3 heterocycles. The molecule has 3 aromatic heterocycles. The van der Waals surface area contributed by atoms with Crippen molar-refractivity contribution in [2.75, 3.05) is 11.1 Å². The van der Waals surface area contributed by atoms with Crippen LogP contribution in [-0.2, 0) is 4.79 Å². The van der Waals surface area contributed by atoms with E-state index in [1.54, 1.807) is 6.33 Å². The number of nitrogens with zero attached hydrogens (tertiary/aromatic N) is 5. The van der Waals surface area contributed by atoms with Gasteiger partial charge in [-0.2, -0.15) is 14.4 Å². The van der Waals surface area contributed by atoms with Gasteiger partial charge in [-0.3, -0.25) is 4.79 Å². The molecule has 3 aromatic rings. The fourth-order valence-electron chi connectivity index (χ4n) is 3.41. The highest BCUT2D eigenvalue weighted by atomic mass is 32.1. The quantitative estimate of drug-likeness (QED) is 0.681. The minimum atomic E-state index is -0.858. The summed E-state index contributed by atoms with van der Waals surface area (Å²) in [6, 6.07) is 0.111. The summed E-state index contributed by atoms with van der Waals surface area (Å²) in [6.45, 7) is 1.89. The van der Waals surface area contributed by atoms with E-state index in [0.717, 1.165) is 31.4 Å². The lowest BCUT2D eigenvalue weighted by atomic mass is 9.85. The zero-order chi connectivity index (χ0) is 18.3. The number of thiazole rings is 1. The normalized spacial score (nSPS) is 20.4. The van der Waals surface area contributed by atoms with Crippen LogP contribution in [0.15, 0.2) is 11.7 Å². The number of amides is 1. The summed E-state index contributed by atoms with van der Waals surface area (Å²) >= 11 is 1.43. The second-order valence-corrected chi connectivity index (χ2v) is 7.35. The first-order valence-corrected chi connectivity index (χ1v) is 9.28. The van der Waals surface area contributed by atoms with Crippen LogP contribution in [-0.4, -0.2) is 30.4 Å². The van der Waals surface area contributed by atoms with Crippen molar-refractivity contribution in [2.45, 2.75) is 38.6 Å². The van der Waals surface area contributed by atoms with Gasteiger partial charge in [0.05, 0.1) is 12.0 Å². The summed E-state index contributed by atoms with van der Waals surface area (Å²) in [5, 5.41) is 5.43. The zero-order valence-electron chi connectivity index (χ0n) is 14.1. The first-order chi connectivity index (χ1) is 12.5. The summed E-state index contributed by atoms with van der Waals surface area (Å²) in [5.74, 6) is -0.00867. The van der Waals surface area contributed by atoms with E-state index >= 15 is 0 Å². The van der Waals surface area contributed by atoms with Crippen molar-refractivity contribution < 1.29 is 9.18 Å². The number of aryl methyl sites for hydroxylation is 1. The van der Waals surface area contributed by atoms with Crippen LogP contribution < -0.4 is 11.1 Å². The molecule has 1 aliphatic rings. The number of rotatable bonds is 3. The Morgan fingerprint density at radius 3 is 2.77 bits per heavy atom. The molecule has 0 spiro atoms. The number of fused-ring (bicyclic) bond motifs is 1. The van der Waals surface area contributed by atoms with Crippen LogP contribution in [0, 0.1) is 18.9 Å². The number of anilines is 2. The van der Waals surface area contributed by atoms with E-state index in [-0.39, 0.29) is 23.7 Å².